The molecule has 0 aliphatic heterocycles. The third-order valence-corrected chi connectivity index (χ3v) is 5.35. The smallest absolute Gasteiger partial charge is 0.182 e. The predicted octanol–water partition coefficient (Wildman–Crippen LogP) is 4.24. The maximum atomic E-state index is 14.3. The van der Waals surface area contributed by atoms with Crippen LogP contribution in [0.25, 0.3) is 22.2 Å². The number of aromatic nitrogens is 4. The highest BCUT2D eigenvalue weighted by atomic mass is 35.5. The number of tetrazole rings is 1. The van der Waals surface area contributed by atoms with E-state index in [0.717, 1.165) is 29.2 Å². The molecule has 0 amide bonds. The molecule has 3 unspecified atom stereocenters. The first-order valence-corrected chi connectivity index (χ1v) is 8.69. The fraction of sp³-hybridized carbons (Fsp3) is 0.389. The number of nitrogens with zero attached hydrogens (tertiary/aromatic N) is 4. The number of benzene rings is 2. The van der Waals surface area contributed by atoms with Gasteiger partial charge in [-0.2, -0.15) is 0 Å². The summed E-state index contributed by atoms with van der Waals surface area (Å²) >= 11 is 6.35. The zero-order valence-electron chi connectivity index (χ0n) is 13.1. The lowest BCUT2D eigenvalue weighted by Gasteiger charge is -2.30. The highest BCUT2D eigenvalue weighted by Crippen LogP contribution is 2.33. The second-order valence-corrected chi connectivity index (χ2v) is 6.93. The van der Waals surface area contributed by atoms with Gasteiger partial charge in [-0.05, 0) is 46.5 Å². The molecule has 1 heterocycles. The summed E-state index contributed by atoms with van der Waals surface area (Å²) in [6, 6.07) is 14.2. The highest BCUT2D eigenvalue weighted by Gasteiger charge is 2.33. The summed E-state index contributed by atoms with van der Waals surface area (Å²) < 4.78 is 15.9. The van der Waals surface area contributed by atoms with E-state index in [9.17, 15) is 4.39 Å². The molecule has 1 aromatic heterocycles. The van der Waals surface area contributed by atoms with E-state index in [2.05, 4.69) is 33.7 Å². The highest BCUT2D eigenvalue weighted by molar-refractivity contribution is 6.20. The first kappa shape index (κ1) is 15.5. The van der Waals surface area contributed by atoms with Crippen LogP contribution in [0.3, 0.4) is 0 Å². The van der Waals surface area contributed by atoms with Crippen LogP contribution in [0.15, 0.2) is 42.5 Å². The van der Waals surface area contributed by atoms with Gasteiger partial charge in [-0.3, -0.25) is 0 Å². The van der Waals surface area contributed by atoms with Crippen LogP contribution in [0.5, 0.6) is 0 Å². The third-order valence-electron chi connectivity index (χ3n) is 4.81. The van der Waals surface area contributed by atoms with Gasteiger partial charge in [0.15, 0.2) is 5.82 Å². The summed E-state index contributed by atoms with van der Waals surface area (Å²) in [5.74, 6) is 0.408. The van der Waals surface area contributed by atoms with Crippen LogP contribution in [0.1, 0.15) is 19.3 Å². The lowest BCUT2D eigenvalue weighted by Crippen LogP contribution is -2.34. The summed E-state index contributed by atoms with van der Waals surface area (Å²) in [6.45, 7) is 0.407. The van der Waals surface area contributed by atoms with Crippen molar-refractivity contribution < 1.29 is 4.39 Å². The second-order valence-electron chi connectivity index (χ2n) is 6.37. The Hall–Kier alpha value is -2.01. The van der Waals surface area contributed by atoms with Gasteiger partial charge in [0, 0.05) is 16.9 Å². The van der Waals surface area contributed by atoms with Crippen LogP contribution in [-0.4, -0.2) is 31.8 Å². The standard InChI is InChI=1S/C18H18ClFN4/c19-16-6-3-7-17(20)15(16)11-24-18(21-22-23-24)14-9-8-12-4-1-2-5-13(12)10-14/h1-2,4-5,8-10,15-17H,3,6-7,11H2. The summed E-state index contributed by atoms with van der Waals surface area (Å²) in [6.07, 6.45) is 1.37. The minimum Gasteiger partial charge on any atom is -0.247 e. The van der Waals surface area contributed by atoms with E-state index in [1.807, 2.05) is 24.3 Å². The Morgan fingerprint density at radius 3 is 2.79 bits per heavy atom. The van der Waals surface area contributed by atoms with Crippen LogP contribution in [0.2, 0.25) is 0 Å². The van der Waals surface area contributed by atoms with Gasteiger partial charge >= 0.3 is 0 Å². The normalized spacial score (nSPS) is 24.3. The Kier molecular flexibility index (Phi) is 4.19. The molecule has 0 spiro atoms. The molecule has 1 aliphatic carbocycles. The van der Waals surface area contributed by atoms with E-state index < -0.39 is 6.17 Å². The third kappa shape index (κ3) is 2.88. The lowest BCUT2D eigenvalue weighted by molar-refractivity contribution is 0.150. The molecule has 0 bridgehead atoms. The van der Waals surface area contributed by atoms with Gasteiger partial charge in [-0.15, -0.1) is 16.7 Å². The molecule has 6 heteroatoms. The largest absolute Gasteiger partial charge is 0.247 e. The van der Waals surface area contributed by atoms with Crippen LogP contribution in [-0.2, 0) is 6.54 Å². The number of fused-ring (bicyclic) bond motifs is 1. The Bertz CT molecular complexity index is 840. The minimum absolute atomic E-state index is 0.164. The van der Waals surface area contributed by atoms with Crippen molar-refractivity contribution in [2.24, 2.45) is 5.92 Å². The van der Waals surface area contributed by atoms with Crippen molar-refractivity contribution >= 4 is 22.4 Å². The van der Waals surface area contributed by atoms with Crippen molar-refractivity contribution in [3.63, 3.8) is 0 Å². The van der Waals surface area contributed by atoms with E-state index in [4.69, 9.17) is 11.6 Å². The van der Waals surface area contributed by atoms with Gasteiger partial charge in [-0.1, -0.05) is 36.4 Å². The summed E-state index contributed by atoms with van der Waals surface area (Å²) in [5, 5.41) is 14.1. The monoisotopic (exact) mass is 344 g/mol. The average molecular weight is 345 g/mol. The summed E-state index contributed by atoms with van der Waals surface area (Å²) in [4.78, 5) is 0. The Balaban J connectivity index is 1.66. The number of halogens is 2. The average Bonchev–Trinajstić information content (AvgIpc) is 3.06. The topological polar surface area (TPSA) is 43.6 Å². The van der Waals surface area contributed by atoms with Crippen LogP contribution in [0.4, 0.5) is 4.39 Å². The SMILES string of the molecule is FC1CCCC(Cl)C1Cn1nnnc1-c1ccc2ccccc2c1. The van der Waals surface area contributed by atoms with Crippen LogP contribution < -0.4 is 0 Å². The molecule has 24 heavy (non-hydrogen) atoms. The number of alkyl halides is 2. The van der Waals surface area contributed by atoms with Crippen molar-refractivity contribution in [1.29, 1.82) is 0 Å². The zero-order chi connectivity index (χ0) is 16.5. The molecular weight excluding hydrogens is 327 g/mol. The number of hydrogen-bond acceptors (Lipinski definition) is 3. The van der Waals surface area contributed by atoms with E-state index in [1.165, 1.54) is 0 Å². The number of hydrogen-bond donors (Lipinski definition) is 0. The molecular formula is C18H18ClFN4. The van der Waals surface area contributed by atoms with Gasteiger partial charge in [0.1, 0.15) is 6.17 Å². The van der Waals surface area contributed by atoms with Crippen LogP contribution in [0, 0.1) is 5.92 Å². The molecule has 3 aromatic rings. The zero-order valence-corrected chi connectivity index (χ0v) is 13.9. The van der Waals surface area contributed by atoms with Crippen molar-refractivity contribution in [3.05, 3.63) is 42.5 Å². The van der Waals surface area contributed by atoms with E-state index in [0.29, 0.717) is 18.8 Å². The first-order chi connectivity index (χ1) is 11.7. The molecule has 1 saturated carbocycles. The maximum absolute atomic E-state index is 14.3. The molecule has 1 fully saturated rings. The molecule has 0 saturated heterocycles. The fourth-order valence-electron chi connectivity index (χ4n) is 3.45. The Morgan fingerprint density at radius 1 is 1.12 bits per heavy atom. The van der Waals surface area contributed by atoms with Gasteiger partial charge in [-0.25, -0.2) is 9.07 Å². The fourth-order valence-corrected chi connectivity index (χ4v) is 3.85. The molecule has 0 N–H and O–H groups in total. The quantitative estimate of drug-likeness (QED) is 0.667. The van der Waals surface area contributed by atoms with Gasteiger partial charge < -0.3 is 0 Å². The van der Waals surface area contributed by atoms with Crippen molar-refractivity contribution in [3.8, 4) is 11.4 Å². The molecule has 4 nitrogen and oxygen atoms in total. The van der Waals surface area contributed by atoms with Gasteiger partial charge in [0.25, 0.3) is 0 Å². The minimum atomic E-state index is -0.894. The number of rotatable bonds is 3. The van der Waals surface area contributed by atoms with Crippen molar-refractivity contribution in [2.75, 3.05) is 0 Å². The Labute approximate surface area is 144 Å². The van der Waals surface area contributed by atoms with Gasteiger partial charge in [0.05, 0.1) is 6.54 Å². The van der Waals surface area contributed by atoms with Gasteiger partial charge in [0.2, 0.25) is 0 Å². The molecule has 1 aliphatic rings. The molecule has 124 valence electrons. The molecule has 0 radical (unpaired) electrons. The molecule has 3 atom stereocenters. The summed E-state index contributed by atoms with van der Waals surface area (Å²) in [7, 11) is 0. The predicted molar refractivity (Wildman–Crippen MR) is 92.6 cm³/mol. The van der Waals surface area contributed by atoms with Crippen LogP contribution >= 0.6 is 11.6 Å². The lowest BCUT2D eigenvalue weighted by atomic mass is 9.87. The van der Waals surface area contributed by atoms with E-state index >= 15 is 0 Å². The summed E-state index contributed by atoms with van der Waals surface area (Å²) in [5.41, 5.74) is 0.927. The molecule has 2 aromatic carbocycles. The van der Waals surface area contributed by atoms with Crippen molar-refractivity contribution in [2.45, 2.75) is 37.4 Å². The van der Waals surface area contributed by atoms with Crippen molar-refractivity contribution in [1.82, 2.24) is 20.2 Å². The first-order valence-electron chi connectivity index (χ1n) is 8.26. The van der Waals surface area contributed by atoms with E-state index in [1.54, 1.807) is 4.68 Å². The molecule has 4 rings (SSSR count). The second kappa shape index (κ2) is 6.48. The Morgan fingerprint density at radius 2 is 1.96 bits per heavy atom. The van der Waals surface area contributed by atoms with E-state index in [-0.39, 0.29) is 11.3 Å². The maximum Gasteiger partial charge on any atom is 0.182 e.